The Morgan fingerprint density at radius 3 is 1.41 bits per heavy atom. The Bertz CT molecular complexity index is 1050. The Morgan fingerprint density at radius 1 is 0.656 bits per heavy atom. The van der Waals surface area contributed by atoms with Crippen molar-refractivity contribution in [2.24, 2.45) is 20.5 Å². The molecule has 3 aromatic carbocycles. The highest BCUT2D eigenvalue weighted by atomic mass is 16.5. The van der Waals surface area contributed by atoms with E-state index in [1.54, 1.807) is 31.2 Å². The summed E-state index contributed by atoms with van der Waals surface area (Å²) in [5, 5.41) is 17.0. The highest BCUT2D eigenvalue weighted by Gasteiger charge is 2.05. The molecule has 0 saturated heterocycles. The molecule has 164 valence electrons. The van der Waals surface area contributed by atoms with E-state index in [2.05, 4.69) is 51.3 Å². The second-order valence-corrected chi connectivity index (χ2v) is 6.87. The van der Waals surface area contributed by atoms with Crippen molar-refractivity contribution in [2.45, 2.75) is 20.8 Å². The molecular formula is C25H27N5O2. The van der Waals surface area contributed by atoms with Crippen LogP contribution in [-0.2, 0) is 4.74 Å². The predicted octanol–water partition coefficient (Wildman–Crippen LogP) is 7.54. The van der Waals surface area contributed by atoms with Gasteiger partial charge in [0, 0.05) is 18.8 Å². The van der Waals surface area contributed by atoms with Crippen LogP contribution in [0.5, 0.6) is 0 Å². The molecule has 7 nitrogen and oxygen atoms in total. The molecule has 0 saturated carbocycles. The summed E-state index contributed by atoms with van der Waals surface area (Å²) in [6.07, 6.45) is 0. The Labute approximate surface area is 188 Å². The van der Waals surface area contributed by atoms with E-state index in [1.807, 2.05) is 36.4 Å². The van der Waals surface area contributed by atoms with Crippen LogP contribution in [0.1, 0.15) is 31.1 Å². The molecule has 0 aliphatic heterocycles. The summed E-state index contributed by atoms with van der Waals surface area (Å²) >= 11 is 0. The normalized spacial score (nSPS) is 11.2. The van der Waals surface area contributed by atoms with Gasteiger partial charge in [0.2, 0.25) is 0 Å². The maximum absolute atomic E-state index is 11.7. The molecule has 32 heavy (non-hydrogen) atoms. The molecule has 3 rings (SSSR count). The quantitative estimate of drug-likeness (QED) is 0.260. The van der Waals surface area contributed by atoms with Crippen LogP contribution < -0.4 is 4.90 Å². The fourth-order valence-corrected chi connectivity index (χ4v) is 3.01. The van der Waals surface area contributed by atoms with Crippen LogP contribution in [0.25, 0.3) is 0 Å². The highest BCUT2D eigenvalue weighted by Crippen LogP contribution is 2.25. The lowest BCUT2D eigenvalue weighted by molar-refractivity contribution is 0.0526. The largest absolute Gasteiger partial charge is 0.462 e. The van der Waals surface area contributed by atoms with Gasteiger partial charge in [-0.05, 0) is 93.6 Å². The van der Waals surface area contributed by atoms with Gasteiger partial charge < -0.3 is 9.64 Å². The van der Waals surface area contributed by atoms with Crippen molar-refractivity contribution in [1.29, 1.82) is 0 Å². The molecule has 0 aromatic heterocycles. The topological polar surface area (TPSA) is 79.0 Å². The second kappa shape index (κ2) is 11.5. The fraction of sp³-hybridized carbons (Fsp3) is 0.240. The van der Waals surface area contributed by atoms with E-state index in [-0.39, 0.29) is 5.97 Å². The van der Waals surface area contributed by atoms with Crippen LogP contribution in [0, 0.1) is 0 Å². The van der Waals surface area contributed by atoms with Crippen LogP contribution in [0.2, 0.25) is 0 Å². The van der Waals surface area contributed by atoms with Crippen LogP contribution in [0.15, 0.2) is 93.3 Å². The summed E-state index contributed by atoms with van der Waals surface area (Å²) in [7, 11) is 0. The van der Waals surface area contributed by atoms with E-state index in [1.165, 1.54) is 5.69 Å². The summed E-state index contributed by atoms with van der Waals surface area (Å²) in [5.41, 5.74) is 4.55. The zero-order chi connectivity index (χ0) is 22.8. The van der Waals surface area contributed by atoms with Crippen molar-refractivity contribution in [3.8, 4) is 0 Å². The predicted molar refractivity (Wildman–Crippen MR) is 127 cm³/mol. The molecule has 0 radical (unpaired) electrons. The first-order valence-electron chi connectivity index (χ1n) is 10.7. The first-order valence-corrected chi connectivity index (χ1v) is 10.7. The standard InChI is InChI=1S/C25H27N5O2/c1-4-30(5-2)24-17-15-23(16-18-24)29-28-22-13-11-21(12-14-22)27-26-20-9-7-19(8-10-20)25(31)32-6-3/h7-18H,4-6H2,1-3H3. The number of nitrogens with zero attached hydrogens (tertiary/aromatic N) is 5. The molecule has 0 unspecified atom stereocenters. The summed E-state index contributed by atoms with van der Waals surface area (Å²) < 4.78 is 4.97. The van der Waals surface area contributed by atoms with Gasteiger partial charge in [-0.3, -0.25) is 0 Å². The zero-order valence-electron chi connectivity index (χ0n) is 18.6. The zero-order valence-corrected chi connectivity index (χ0v) is 18.6. The average Bonchev–Trinajstić information content (AvgIpc) is 2.84. The fourth-order valence-electron chi connectivity index (χ4n) is 3.01. The Hall–Kier alpha value is -3.87. The number of benzene rings is 3. The number of carbonyl (C=O) groups excluding carboxylic acids is 1. The van der Waals surface area contributed by atoms with Crippen LogP contribution in [0.4, 0.5) is 28.4 Å². The van der Waals surface area contributed by atoms with Gasteiger partial charge in [-0.1, -0.05) is 0 Å². The molecule has 3 aromatic rings. The van der Waals surface area contributed by atoms with E-state index >= 15 is 0 Å². The third-order valence-corrected chi connectivity index (χ3v) is 4.77. The monoisotopic (exact) mass is 429 g/mol. The van der Waals surface area contributed by atoms with Crippen molar-refractivity contribution in [3.63, 3.8) is 0 Å². The molecule has 0 atom stereocenters. The van der Waals surface area contributed by atoms with Crippen LogP contribution in [0.3, 0.4) is 0 Å². The van der Waals surface area contributed by atoms with E-state index in [9.17, 15) is 4.79 Å². The molecule has 0 heterocycles. The minimum absolute atomic E-state index is 0.346. The molecule has 0 bridgehead atoms. The molecule has 0 fully saturated rings. The first-order chi connectivity index (χ1) is 15.6. The number of anilines is 1. The number of esters is 1. The van der Waals surface area contributed by atoms with Gasteiger partial charge >= 0.3 is 5.97 Å². The Balaban J connectivity index is 1.59. The van der Waals surface area contributed by atoms with E-state index in [0.717, 1.165) is 24.5 Å². The first kappa shape index (κ1) is 22.8. The number of carbonyl (C=O) groups is 1. The summed E-state index contributed by atoms with van der Waals surface area (Å²) in [6.45, 7) is 8.35. The number of hydrogen-bond donors (Lipinski definition) is 0. The number of azo groups is 2. The lowest BCUT2D eigenvalue weighted by Crippen LogP contribution is -2.21. The lowest BCUT2D eigenvalue weighted by Gasteiger charge is -2.20. The molecule has 0 amide bonds. The van der Waals surface area contributed by atoms with Crippen LogP contribution in [-0.4, -0.2) is 25.7 Å². The molecule has 0 aliphatic carbocycles. The molecule has 0 N–H and O–H groups in total. The maximum Gasteiger partial charge on any atom is 0.338 e. The van der Waals surface area contributed by atoms with Crippen molar-refractivity contribution in [3.05, 3.63) is 78.4 Å². The van der Waals surface area contributed by atoms with Gasteiger partial charge in [0.05, 0.1) is 34.9 Å². The average molecular weight is 430 g/mol. The van der Waals surface area contributed by atoms with E-state index in [0.29, 0.717) is 23.5 Å². The van der Waals surface area contributed by atoms with E-state index in [4.69, 9.17) is 4.74 Å². The summed E-state index contributed by atoms with van der Waals surface area (Å²) in [4.78, 5) is 14.0. The van der Waals surface area contributed by atoms with Gasteiger partial charge in [0.15, 0.2) is 0 Å². The smallest absolute Gasteiger partial charge is 0.338 e. The molecular weight excluding hydrogens is 402 g/mol. The highest BCUT2D eigenvalue weighted by molar-refractivity contribution is 5.89. The minimum Gasteiger partial charge on any atom is -0.462 e. The number of hydrogen-bond acceptors (Lipinski definition) is 7. The number of ether oxygens (including phenoxy) is 1. The third kappa shape index (κ3) is 6.31. The van der Waals surface area contributed by atoms with Gasteiger partial charge in [-0.25, -0.2) is 4.79 Å². The van der Waals surface area contributed by atoms with Gasteiger partial charge in [0.1, 0.15) is 0 Å². The third-order valence-electron chi connectivity index (χ3n) is 4.77. The second-order valence-electron chi connectivity index (χ2n) is 6.87. The molecule has 7 heteroatoms. The van der Waals surface area contributed by atoms with Crippen molar-refractivity contribution in [1.82, 2.24) is 0 Å². The maximum atomic E-state index is 11.7. The van der Waals surface area contributed by atoms with Crippen molar-refractivity contribution < 1.29 is 9.53 Å². The lowest BCUT2D eigenvalue weighted by atomic mass is 10.2. The van der Waals surface area contributed by atoms with Gasteiger partial charge in [-0.2, -0.15) is 20.5 Å². The summed E-state index contributed by atoms with van der Waals surface area (Å²) in [5.74, 6) is -0.347. The minimum atomic E-state index is -0.347. The summed E-state index contributed by atoms with van der Waals surface area (Å²) in [6, 6.07) is 22.2. The Kier molecular flexibility index (Phi) is 8.20. The van der Waals surface area contributed by atoms with Gasteiger partial charge in [-0.15, -0.1) is 0 Å². The SMILES string of the molecule is CCOC(=O)c1ccc(N=Nc2ccc(N=Nc3ccc(N(CC)CC)cc3)cc2)cc1. The molecule has 0 spiro atoms. The van der Waals surface area contributed by atoms with Gasteiger partial charge in [0.25, 0.3) is 0 Å². The molecule has 0 aliphatic rings. The van der Waals surface area contributed by atoms with Crippen molar-refractivity contribution >= 4 is 34.4 Å². The van der Waals surface area contributed by atoms with Crippen molar-refractivity contribution in [2.75, 3.05) is 24.6 Å². The van der Waals surface area contributed by atoms with E-state index < -0.39 is 0 Å². The van der Waals surface area contributed by atoms with Crippen LogP contribution >= 0.6 is 0 Å². The number of rotatable bonds is 9. The Morgan fingerprint density at radius 2 is 1.03 bits per heavy atom.